The number of carbonyl (C=O) groups is 2. The Hall–Kier alpha value is -2.04. The second-order valence-electron chi connectivity index (χ2n) is 6.93. The number of benzene rings is 1. The minimum absolute atomic E-state index is 0.0324. The maximum atomic E-state index is 12.6. The summed E-state index contributed by atoms with van der Waals surface area (Å²) in [6.07, 6.45) is 2.55. The fourth-order valence-electron chi connectivity index (χ4n) is 3.02. The monoisotopic (exact) mass is 346 g/mol. The van der Waals surface area contributed by atoms with Gasteiger partial charge in [-0.25, -0.2) is 0 Å². The molecule has 138 valence electrons. The summed E-state index contributed by atoms with van der Waals surface area (Å²) in [7, 11) is 0. The molecular weight excluding hydrogens is 316 g/mol. The van der Waals surface area contributed by atoms with Crippen LogP contribution in [0, 0.1) is 11.8 Å². The van der Waals surface area contributed by atoms with E-state index < -0.39 is 0 Å². The Kier molecular flexibility index (Phi) is 6.85. The summed E-state index contributed by atoms with van der Waals surface area (Å²) in [5, 5.41) is 2.93. The second-order valence-corrected chi connectivity index (χ2v) is 6.93. The predicted octanol–water partition coefficient (Wildman–Crippen LogP) is 3.70. The second kappa shape index (κ2) is 8.88. The van der Waals surface area contributed by atoms with E-state index in [4.69, 9.17) is 4.74 Å². The first-order chi connectivity index (χ1) is 12.0. The topological polar surface area (TPSA) is 58.6 Å². The van der Waals surface area contributed by atoms with Gasteiger partial charge in [-0.3, -0.25) is 9.59 Å². The standard InChI is InChI=1S/C20H30N2O3/c1-5-11-22(12-6-2)20(24)16-13-15(16)19(23)21-17-9-7-8-10-18(17)25-14(3)4/h7-10,14-16H,5-6,11-13H2,1-4H3,(H,21,23). The van der Waals surface area contributed by atoms with Gasteiger partial charge in [-0.1, -0.05) is 26.0 Å². The van der Waals surface area contributed by atoms with Crippen molar-refractivity contribution in [1.29, 1.82) is 0 Å². The molecule has 25 heavy (non-hydrogen) atoms. The zero-order valence-corrected chi connectivity index (χ0v) is 15.7. The van der Waals surface area contributed by atoms with Crippen LogP contribution >= 0.6 is 0 Å². The molecule has 1 aliphatic rings. The van der Waals surface area contributed by atoms with Crippen molar-refractivity contribution in [2.45, 2.75) is 53.1 Å². The largest absolute Gasteiger partial charge is 0.489 e. The number of hydrogen-bond acceptors (Lipinski definition) is 3. The molecule has 1 aliphatic carbocycles. The molecule has 0 spiro atoms. The van der Waals surface area contributed by atoms with Crippen LogP contribution in [0.2, 0.25) is 0 Å². The van der Waals surface area contributed by atoms with E-state index in [1.807, 2.05) is 43.0 Å². The summed E-state index contributed by atoms with van der Waals surface area (Å²) in [6.45, 7) is 9.57. The number of amides is 2. The zero-order valence-electron chi connectivity index (χ0n) is 15.7. The smallest absolute Gasteiger partial charge is 0.228 e. The normalized spacial score (nSPS) is 18.8. The number of para-hydroxylation sites is 2. The third-order valence-electron chi connectivity index (χ3n) is 4.25. The highest BCUT2D eigenvalue weighted by Crippen LogP contribution is 2.41. The Morgan fingerprint density at radius 2 is 1.80 bits per heavy atom. The summed E-state index contributed by atoms with van der Waals surface area (Å²) < 4.78 is 5.73. The minimum Gasteiger partial charge on any atom is -0.489 e. The first-order valence-corrected chi connectivity index (χ1v) is 9.33. The van der Waals surface area contributed by atoms with Crippen molar-refractivity contribution in [3.05, 3.63) is 24.3 Å². The lowest BCUT2D eigenvalue weighted by atomic mass is 10.2. The first-order valence-electron chi connectivity index (χ1n) is 9.33. The molecular formula is C20H30N2O3. The summed E-state index contributed by atoms with van der Waals surface area (Å²) in [5.41, 5.74) is 0.665. The number of carbonyl (C=O) groups excluding carboxylic acids is 2. The van der Waals surface area contributed by atoms with E-state index in [9.17, 15) is 9.59 Å². The third-order valence-corrected chi connectivity index (χ3v) is 4.25. The lowest BCUT2D eigenvalue weighted by Gasteiger charge is -2.21. The highest BCUT2D eigenvalue weighted by Gasteiger charge is 2.49. The van der Waals surface area contributed by atoms with Crippen LogP contribution in [-0.4, -0.2) is 35.9 Å². The van der Waals surface area contributed by atoms with Gasteiger partial charge in [-0.2, -0.15) is 0 Å². The quantitative estimate of drug-likeness (QED) is 0.742. The highest BCUT2D eigenvalue weighted by atomic mass is 16.5. The van der Waals surface area contributed by atoms with Crippen LogP contribution in [-0.2, 0) is 9.59 Å². The molecule has 5 heteroatoms. The number of ether oxygens (including phenoxy) is 1. The maximum Gasteiger partial charge on any atom is 0.228 e. The van der Waals surface area contributed by atoms with Gasteiger partial charge in [0, 0.05) is 13.1 Å². The fraction of sp³-hybridized carbons (Fsp3) is 0.600. The van der Waals surface area contributed by atoms with Gasteiger partial charge in [0.1, 0.15) is 5.75 Å². The van der Waals surface area contributed by atoms with Crippen molar-refractivity contribution in [1.82, 2.24) is 4.90 Å². The number of anilines is 1. The number of hydrogen-bond donors (Lipinski definition) is 1. The van der Waals surface area contributed by atoms with E-state index >= 15 is 0 Å². The molecule has 1 aromatic rings. The fourth-order valence-corrected chi connectivity index (χ4v) is 3.02. The molecule has 0 bridgehead atoms. The van der Waals surface area contributed by atoms with E-state index in [-0.39, 0.29) is 29.8 Å². The number of nitrogens with zero attached hydrogens (tertiary/aromatic N) is 1. The summed E-state index contributed by atoms with van der Waals surface area (Å²) in [6, 6.07) is 7.41. The van der Waals surface area contributed by atoms with Gasteiger partial charge < -0.3 is 15.0 Å². The number of nitrogens with one attached hydrogen (secondary N) is 1. The Labute approximate surface area is 150 Å². The Morgan fingerprint density at radius 1 is 1.16 bits per heavy atom. The molecule has 2 atom stereocenters. The first kappa shape index (κ1) is 19.3. The molecule has 0 aliphatic heterocycles. The van der Waals surface area contributed by atoms with Gasteiger partial charge in [0.05, 0.1) is 23.6 Å². The van der Waals surface area contributed by atoms with Crippen molar-refractivity contribution in [2.24, 2.45) is 11.8 Å². The molecule has 1 aromatic carbocycles. The molecule has 0 radical (unpaired) electrons. The summed E-state index contributed by atoms with van der Waals surface area (Å²) in [5.74, 6) is 0.293. The Bertz CT molecular complexity index is 594. The number of rotatable bonds is 9. The van der Waals surface area contributed by atoms with Crippen LogP contribution in [0.5, 0.6) is 5.75 Å². The molecule has 0 heterocycles. The Morgan fingerprint density at radius 3 is 2.40 bits per heavy atom. The zero-order chi connectivity index (χ0) is 18.4. The van der Waals surface area contributed by atoms with Gasteiger partial charge in [0.25, 0.3) is 0 Å². The van der Waals surface area contributed by atoms with E-state index in [2.05, 4.69) is 19.2 Å². The average Bonchev–Trinajstić information content (AvgIpc) is 3.36. The molecule has 5 nitrogen and oxygen atoms in total. The van der Waals surface area contributed by atoms with Crippen LogP contribution in [0.3, 0.4) is 0 Å². The van der Waals surface area contributed by atoms with E-state index in [1.165, 1.54) is 0 Å². The van der Waals surface area contributed by atoms with Crippen molar-refractivity contribution in [3.8, 4) is 5.75 Å². The molecule has 2 amide bonds. The predicted molar refractivity (Wildman–Crippen MR) is 99.6 cm³/mol. The van der Waals surface area contributed by atoms with Gasteiger partial charge in [-0.15, -0.1) is 0 Å². The van der Waals surface area contributed by atoms with Crippen molar-refractivity contribution >= 4 is 17.5 Å². The van der Waals surface area contributed by atoms with Gasteiger partial charge in [-0.05, 0) is 45.2 Å². The maximum absolute atomic E-state index is 12.6. The average molecular weight is 346 g/mol. The Balaban J connectivity index is 1.96. The van der Waals surface area contributed by atoms with Crippen molar-refractivity contribution in [3.63, 3.8) is 0 Å². The SMILES string of the molecule is CCCN(CCC)C(=O)C1CC1C(=O)Nc1ccccc1OC(C)C. The summed E-state index contributed by atoms with van der Waals surface area (Å²) in [4.78, 5) is 27.0. The van der Waals surface area contributed by atoms with Crippen LogP contribution in [0.1, 0.15) is 47.0 Å². The lowest BCUT2D eigenvalue weighted by Crippen LogP contribution is -2.34. The minimum atomic E-state index is -0.226. The van der Waals surface area contributed by atoms with Crippen molar-refractivity contribution < 1.29 is 14.3 Å². The van der Waals surface area contributed by atoms with E-state index in [0.29, 0.717) is 17.9 Å². The molecule has 1 N–H and O–H groups in total. The van der Waals surface area contributed by atoms with Gasteiger partial charge >= 0.3 is 0 Å². The van der Waals surface area contributed by atoms with Crippen LogP contribution in [0.15, 0.2) is 24.3 Å². The molecule has 1 saturated carbocycles. The molecule has 2 unspecified atom stereocenters. The van der Waals surface area contributed by atoms with E-state index in [1.54, 1.807) is 0 Å². The van der Waals surface area contributed by atoms with Crippen LogP contribution < -0.4 is 10.1 Å². The molecule has 1 fully saturated rings. The molecule has 0 saturated heterocycles. The lowest BCUT2D eigenvalue weighted by molar-refractivity contribution is -0.134. The van der Waals surface area contributed by atoms with E-state index in [0.717, 1.165) is 25.9 Å². The summed E-state index contributed by atoms with van der Waals surface area (Å²) >= 11 is 0. The van der Waals surface area contributed by atoms with Gasteiger partial charge in [0.15, 0.2) is 0 Å². The van der Waals surface area contributed by atoms with Crippen LogP contribution in [0.4, 0.5) is 5.69 Å². The van der Waals surface area contributed by atoms with Crippen LogP contribution in [0.25, 0.3) is 0 Å². The van der Waals surface area contributed by atoms with Gasteiger partial charge in [0.2, 0.25) is 11.8 Å². The van der Waals surface area contributed by atoms with Crippen molar-refractivity contribution in [2.75, 3.05) is 18.4 Å². The molecule has 2 rings (SSSR count). The highest BCUT2D eigenvalue weighted by molar-refractivity contribution is 6.00. The molecule has 0 aromatic heterocycles. The third kappa shape index (κ3) is 5.21.